The number of rotatable bonds is 4. The van der Waals surface area contributed by atoms with Crippen molar-refractivity contribution < 1.29 is 0 Å². The van der Waals surface area contributed by atoms with E-state index in [1.54, 1.807) is 10.8 Å². The predicted molar refractivity (Wildman–Crippen MR) is 103 cm³/mol. The van der Waals surface area contributed by atoms with Gasteiger partial charge in [0.25, 0.3) is 0 Å². The molecule has 0 amide bonds. The number of nitrogens with zero attached hydrogens (tertiary/aromatic N) is 6. The van der Waals surface area contributed by atoms with Gasteiger partial charge < -0.3 is 4.90 Å². The lowest BCUT2D eigenvalue weighted by molar-refractivity contribution is 0.214. The molecule has 8 heteroatoms. The molecule has 2 unspecified atom stereocenters. The molecule has 0 saturated carbocycles. The molecule has 0 aliphatic carbocycles. The first-order valence-electron chi connectivity index (χ1n) is 9.53. The van der Waals surface area contributed by atoms with Crippen LogP contribution in [-0.2, 0) is 0 Å². The Hall–Kier alpha value is -2.55. The lowest BCUT2D eigenvalue weighted by Crippen LogP contribution is -2.48. The molecule has 2 fully saturated rings. The average Bonchev–Trinajstić information content (AvgIpc) is 3.38. The van der Waals surface area contributed by atoms with Crippen molar-refractivity contribution in [3.8, 4) is 0 Å². The summed E-state index contributed by atoms with van der Waals surface area (Å²) in [6.07, 6.45) is 3.53. The van der Waals surface area contributed by atoms with Crippen molar-refractivity contribution in [2.75, 3.05) is 44.2 Å². The maximum Gasteiger partial charge on any atom is 0.179 e. The van der Waals surface area contributed by atoms with Gasteiger partial charge in [-0.15, -0.1) is 10.2 Å². The van der Waals surface area contributed by atoms with E-state index in [0.717, 1.165) is 50.6 Å². The van der Waals surface area contributed by atoms with Gasteiger partial charge in [0.05, 0.1) is 17.9 Å². The number of anilines is 1. The summed E-state index contributed by atoms with van der Waals surface area (Å²) in [5.41, 5.74) is 10.1. The van der Waals surface area contributed by atoms with Gasteiger partial charge in [-0.3, -0.25) is 10.3 Å². The lowest BCUT2D eigenvalue weighted by atomic mass is 9.94. The lowest BCUT2D eigenvalue weighted by Gasteiger charge is -2.37. The number of hydrogen-bond acceptors (Lipinski definition) is 7. The van der Waals surface area contributed by atoms with Gasteiger partial charge in [0, 0.05) is 51.3 Å². The summed E-state index contributed by atoms with van der Waals surface area (Å²) in [4.78, 5) is 4.97. The van der Waals surface area contributed by atoms with Crippen molar-refractivity contribution in [1.82, 2.24) is 35.6 Å². The number of fused-ring (bicyclic) bond motifs is 1. The molecule has 8 nitrogen and oxygen atoms in total. The Balaban J connectivity index is 1.20. The zero-order valence-electron chi connectivity index (χ0n) is 15.2. The van der Waals surface area contributed by atoms with Gasteiger partial charge in [0.1, 0.15) is 6.33 Å². The van der Waals surface area contributed by atoms with E-state index < -0.39 is 0 Å². The maximum absolute atomic E-state index is 4.38. The third-order valence-electron chi connectivity index (χ3n) is 5.63. The molecule has 3 aromatic rings. The molecule has 27 heavy (non-hydrogen) atoms. The van der Waals surface area contributed by atoms with Crippen LogP contribution in [0.5, 0.6) is 0 Å². The van der Waals surface area contributed by atoms with E-state index >= 15 is 0 Å². The predicted octanol–water partition coefficient (Wildman–Crippen LogP) is 0.712. The van der Waals surface area contributed by atoms with Gasteiger partial charge in [-0.2, -0.15) is 5.10 Å². The topological polar surface area (TPSA) is 73.6 Å². The minimum Gasteiger partial charge on any atom is -0.368 e. The molecule has 2 saturated heterocycles. The quantitative estimate of drug-likeness (QED) is 0.706. The van der Waals surface area contributed by atoms with Crippen molar-refractivity contribution in [3.63, 3.8) is 0 Å². The summed E-state index contributed by atoms with van der Waals surface area (Å²) in [6, 6.07) is 13.2. The normalized spacial score (nSPS) is 23.9. The molecule has 4 heterocycles. The highest BCUT2D eigenvalue weighted by Crippen LogP contribution is 2.26. The standard InChI is InChI=1S/C19H24N8/c1-2-4-15(5-3-1)19-16(11-20-24-19)13-25-6-8-26(9-7-25)17-10-18-23-21-14-27(18)22-12-17/h1-5,10,12,14,16,19-20,24H,6-9,11,13H2. The van der Waals surface area contributed by atoms with Crippen LogP contribution in [0.15, 0.2) is 48.9 Å². The molecule has 140 valence electrons. The first kappa shape index (κ1) is 16.6. The second-order valence-electron chi connectivity index (χ2n) is 7.31. The fourth-order valence-electron chi connectivity index (χ4n) is 4.13. The fraction of sp³-hybridized carbons (Fsp3) is 0.421. The second-order valence-corrected chi connectivity index (χ2v) is 7.31. The third-order valence-corrected chi connectivity index (χ3v) is 5.63. The van der Waals surface area contributed by atoms with E-state index in [0.29, 0.717) is 12.0 Å². The summed E-state index contributed by atoms with van der Waals surface area (Å²) in [7, 11) is 0. The van der Waals surface area contributed by atoms with Crippen molar-refractivity contribution >= 4 is 11.3 Å². The Morgan fingerprint density at radius 1 is 1.07 bits per heavy atom. The highest BCUT2D eigenvalue weighted by Gasteiger charge is 2.30. The molecular weight excluding hydrogens is 340 g/mol. The van der Waals surface area contributed by atoms with Crippen molar-refractivity contribution in [1.29, 1.82) is 0 Å². The van der Waals surface area contributed by atoms with E-state index in [2.05, 4.69) is 72.3 Å². The molecule has 0 spiro atoms. The van der Waals surface area contributed by atoms with Crippen molar-refractivity contribution in [3.05, 3.63) is 54.5 Å². The number of hydrazine groups is 1. The van der Waals surface area contributed by atoms with E-state index in [4.69, 9.17) is 0 Å². The number of nitrogens with one attached hydrogen (secondary N) is 2. The van der Waals surface area contributed by atoms with Crippen LogP contribution in [0.25, 0.3) is 5.65 Å². The summed E-state index contributed by atoms with van der Waals surface area (Å²) >= 11 is 0. The molecule has 0 radical (unpaired) electrons. The zero-order chi connectivity index (χ0) is 18.1. The smallest absolute Gasteiger partial charge is 0.179 e. The number of hydrogen-bond donors (Lipinski definition) is 2. The SMILES string of the molecule is c1ccc(C2NNCC2CN2CCN(c3cnn4cnnc4c3)CC2)cc1. The van der Waals surface area contributed by atoms with Gasteiger partial charge in [0.15, 0.2) is 5.65 Å². The van der Waals surface area contributed by atoms with Gasteiger partial charge in [-0.1, -0.05) is 30.3 Å². The van der Waals surface area contributed by atoms with Crippen LogP contribution in [0.4, 0.5) is 5.69 Å². The van der Waals surface area contributed by atoms with E-state index in [-0.39, 0.29) is 0 Å². The molecule has 1 aromatic carbocycles. The molecule has 2 aromatic heterocycles. The van der Waals surface area contributed by atoms with Gasteiger partial charge in [-0.05, 0) is 5.56 Å². The van der Waals surface area contributed by atoms with Gasteiger partial charge in [-0.25, -0.2) is 9.94 Å². The first-order valence-corrected chi connectivity index (χ1v) is 9.53. The summed E-state index contributed by atoms with van der Waals surface area (Å²) in [5.74, 6) is 0.577. The van der Waals surface area contributed by atoms with Crippen LogP contribution < -0.4 is 15.8 Å². The molecule has 5 rings (SSSR count). The zero-order valence-corrected chi connectivity index (χ0v) is 15.2. The highest BCUT2D eigenvalue weighted by molar-refractivity contribution is 5.53. The average molecular weight is 364 g/mol. The summed E-state index contributed by atoms with van der Waals surface area (Å²) < 4.78 is 1.70. The molecule has 2 aliphatic heterocycles. The van der Waals surface area contributed by atoms with E-state index in [9.17, 15) is 0 Å². The van der Waals surface area contributed by atoms with Crippen LogP contribution in [0.2, 0.25) is 0 Å². The molecular formula is C19H24N8. The van der Waals surface area contributed by atoms with Crippen LogP contribution >= 0.6 is 0 Å². The second kappa shape index (κ2) is 7.22. The van der Waals surface area contributed by atoms with Crippen LogP contribution in [-0.4, -0.2) is 64.0 Å². The molecule has 2 aliphatic rings. The molecule has 0 bridgehead atoms. The Bertz CT molecular complexity index is 887. The Labute approximate surface area is 158 Å². The van der Waals surface area contributed by atoms with Crippen LogP contribution in [0, 0.1) is 5.92 Å². The summed E-state index contributed by atoms with van der Waals surface area (Å²) in [6.45, 7) is 6.26. The van der Waals surface area contributed by atoms with E-state index in [1.165, 1.54) is 5.56 Å². The van der Waals surface area contributed by atoms with Crippen LogP contribution in [0.3, 0.4) is 0 Å². The number of benzene rings is 1. The van der Waals surface area contributed by atoms with Gasteiger partial charge >= 0.3 is 0 Å². The summed E-state index contributed by atoms with van der Waals surface area (Å²) in [5, 5.41) is 12.4. The number of piperazine rings is 1. The monoisotopic (exact) mass is 364 g/mol. The Morgan fingerprint density at radius 2 is 1.93 bits per heavy atom. The fourth-order valence-corrected chi connectivity index (χ4v) is 4.13. The number of aromatic nitrogens is 4. The molecule has 2 N–H and O–H groups in total. The van der Waals surface area contributed by atoms with Gasteiger partial charge in [0.2, 0.25) is 0 Å². The van der Waals surface area contributed by atoms with E-state index in [1.807, 2.05) is 6.20 Å². The molecule has 2 atom stereocenters. The highest BCUT2D eigenvalue weighted by atomic mass is 15.4. The first-order chi connectivity index (χ1) is 13.4. The minimum atomic E-state index is 0.378. The third kappa shape index (κ3) is 3.39. The largest absolute Gasteiger partial charge is 0.368 e. The van der Waals surface area contributed by atoms with Crippen molar-refractivity contribution in [2.45, 2.75) is 6.04 Å². The van der Waals surface area contributed by atoms with Crippen molar-refractivity contribution in [2.24, 2.45) is 5.92 Å². The minimum absolute atomic E-state index is 0.378. The maximum atomic E-state index is 4.38. The Kier molecular flexibility index (Phi) is 4.44. The Morgan fingerprint density at radius 3 is 2.78 bits per heavy atom. The van der Waals surface area contributed by atoms with Crippen LogP contribution in [0.1, 0.15) is 11.6 Å².